The van der Waals surface area contributed by atoms with Crippen LogP contribution in [0.3, 0.4) is 0 Å². The summed E-state index contributed by atoms with van der Waals surface area (Å²) in [5, 5.41) is 6.05. The Kier molecular flexibility index (Phi) is 10.2. The highest BCUT2D eigenvalue weighted by atomic mass is 32.2. The maximum Gasteiger partial charge on any atom is 0.407 e. The quantitative estimate of drug-likeness (QED) is 0.355. The van der Waals surface area contributed by atoms with Crippen molar-refractivity contribution in [1.82, 2.24) is 20.4 Å². The Morgan fingerprint density at radius 1 is 1.00 bits per heavy atom. The van der Waals surface area contributed by atoms with Gasteiger partial charge in [0.15, 0.2) is 9.84 Å². The number of rotatable bonds is 11. The van der Waals surface area contributed by atoms with E-state index in [4.69, 9.17) is 4.74 Å². The second kappa shape index (κ2) is 14.2. The molecular weight excluding hydrogens is 633 g/mol. The Morgan fingerprint density at radius 2 is 1.71 bits per heavy atom. The first-order chi connectivity index (χ1) is 23.0. The topological polar surface area (TPSA) is 111 Å². The third-order valence-electron chi connectivity index (χ3n) is 11.2. The Morgan fingerprint density at radius 3 is 2.33 bits per heavy atom. The van der Waals surface area contributed by atoms with Crippen LogP contribution in [0.1, 0.15) is 50.5 Å². The van der Waals surface area contributed by atoms with Crippen molar-refractivity contribution < 1.29 is 27.1 Å². The highest BCUT2D eigenvalue weighted by molar-refractivity contribution is 7.92. The number of methoxy groups -OCH3 is 1. The molecule has 2 N–H and O–H groups in total. The molecule has 12 heteroatoms. The van der Waals surface area contributed by atoms with Gasteiger partial charge in [-0.1, -0.05) is 18.6 Å². The molecule has 2 aliphatic carbocycles. The molecule has 48 heavy (non-hydrogen) atoms. The molecule has 2 aromatic rings. The highest BCUT2D eigenvalue weighted by Gasteiger charge is 2.52. The van der Waals surface area contributed by atoms with Gasteiger partial charge in [0.1, 0.15) is 5.82 Å². The van der Waals surface area contributed by atoms with E-state index in [0.717, 1.165) is 88.9 Å². The number of piperidine rings is 1. The van der Waals surface area contributed by atoms with Gasteiger partial charge in [0.05, 0.1) is 17.3 Å². The smallest absolute Gasteiger partial charge is 0.407 e. The number of nitrogens with one attached hydrogen (secondary N) is 2. The number of nitrogens with zero attached hydrogens (tertiary/aromatic N) is 3. The molecule has 6 rings (SSSR count). The van der Waals surface area contributed by atoms with Crippen LogP contribution in [0, 0.1) is 23.6 Å². The molecule has 0 bridgehead atoms. The first-order valence-electron chi connectivity index (χ1n) is 17.4. The Hall–Kier alpha value is -3.38. The molecule has 10 nitrogen and oxygen atoms in total. The van der Waals surface area contributed by atoms with Crippen molar-refractivity contribution in [2.45, 2.75) is 66.5 Å². The van der Waals surface area contributed by atoms with E-state index in [1.54, 1.807) is 38.4 Å². The van der Waals surface area contributed by atoms with E-state index in [1.165, 1.54) is 18.1 Å². The van der Waals surface area contributed by atoms with Gasteiger partial charge in [0.2, 0.25) is 0 Å². The van der Waals surface area contributed by atoms with Crippen molar-refractivity contribution in [3.8, 4) is 0 Å². The van der Waals surface area contributed by atoms with E-state index in [-0.39, 0.29) is 35.0 Å². The maximum atomic E-state index is 14.9. The molecule has 0 radical (unpaired) electrons. The molecule has 2 saturated carbocycles. The SMILES string of the molecule is COC(=O)N[C@H]1CCC[C@@H]1[C@](CNC(=O)N(C)C)(c1cccc(F)c1)C1CCN(CC2CN(c3ccc(S(=O)(=O)C4CC4)cc3)C2)CC1. The average molecular weight is 684 g/mol. The number of ether oxygens (including phenoxy) is 1. The number of halogens is 1. The minimum Gasteiger partial charge on any atom is -0.453 e. The van der Waals surface area contributed by atoms with Crippen LogP contribution < -0.4 is 15.5 Å². The molecule has 262 valence electrons. The van der Waals surface area contributed by atoms with Gasteiger partial charge < -0.3 is 30.1 Å². The van der Waals surface area contributed by atoms with Gasteiger partial charge in [-0.05, 0) is 105 Å². The van der Waals surface area contributed by atoms with Crippen LogP contribution in [0.4, 0.5) is 19.7 Å². The van der Waals surface area contributed by atoms with Gasteiger partial charge in [-0.15, -0.1) is 0 Å². The van der Waals surface area contributed by atoms with Crippen molar-refractivity contribution >= 4 is 27.6 Å². The number of benzene rings is 2. The molecular formula is C36H50FN5O5S. The van der Waals surface area contributed by atoms with E-state index >= 15 is 0 Å². The van der Waals surface area contributed by atoms with Gasteiger partial charge >= 0.3 is 12.1 Å². The number of hydrogen-bond acceptors (Lipinski definition) is 7. The zero-order valence-corrected chi connectivity index (χ0v) is 29.2. The molecule has 0 aromatic heterocycles. The molecule has 4 aliphatic rings. The molecule has 2 saturated heterocycles. The van der Waals surface area contributed by atoms with Crippen LogP contribution in [0.25, 0.3) is 0 Å². The summed E-state index contributed by atoms with van der Waals surface area (Å²) in [6.45, 7) is 4.99. The molecule has 2 aromatic carbocycles. The first kappa shape index (κ1) is 34.5. The van der Waals surface area contributed by atoms with E-state index < -0.39 is 21.3 Å². The molecule has 4 fully saturated rings. The van der Waals surface area contributed by atoms with Crippen LogP contribution in [0.15, 0.2) is 53.4 Å². The summed E-state index contributed by atoms with van der Waals surface area (Å²) in [7, 11) is 1.61. The summed E-state index contributed by atoms with van der Waals surface area (Å²) in [5.74, 6) is 0.360. The number of amides is 3. The van der Waals surface area contributed by atoms with Crippen molar-refractivity contribution in [2.75, 3.05) is 65.4 Å². The minimum absolute atomic E-state index is 0.0109. The summed E-state index contributed by atoms with van der Waals surface area (Å²) >= 11 is 0. The van der Waals surface area contributed by atoms with Crippen molar-refractivity contribution in [3.63, 3.8) is 0 Å². The number of carbonyl (C=O) groups excluding carboxylic acids is 2. The normalized spacial score (nSPS) is 23.6. The number of carbonyl (C=O) groups is 2. The molecule has 3 amide bonds. The summed E-state index contributed by atoms with van der Waals surface area (Å²) < 4.78 is 45.1. The summed E-state index contributed by atoms with van der Waals surface area (Å²) in [6, 6.07) is 13.8. The largest absolute Gasteiger partial charge is 0.453 e. The number of anilines is 1. The second-order valence-electron chi connectivity index (χ2n) is 14.5. The molecule has 2 aliphatic heterocycles. The van der Waals surface area contributed by atoms with E-state index in [1.807, 2.05) is 18.2 Å². The van der Waals surface area contributed by atoms with Gasteiger partial charge in [-0.3, -0.25) is 0 Å². The molecule has 3 atom stereocenters. The van der Waals surface area contributed by atoms with Crippen LogP contribution in [-0.4, -0.2) is 102 Å². The van der Waals surface area contributed by atoms with Crippen LogP contribution in [0.2, 0.25) is 0 Å². The second-order valence-corrected chi connectivity index (χ2v) is 16.7. The Bertz CT molecular complexity index is 1550. The number of sulfone groups is 1. The van der Waals surface area contributed by atoms with Crippen molar-refractivity contribution in [2.24, 2.45) is 17.8 Å². The van der Waals surface area contributed by atoms with Crippen molar-refractivity contribution in [3.05, 3.63) is 59.9 Å². The zero-order valence-electron chi connectivity index (χ0n) is 28.4. The summed E-state index contributed by atoms with van der Waals surface area (Å²) in [4.78, 5) is 32.1. The number of hydrogen-bond donors (Lipinski definition) is 2. The third-order valence-corrected chi connectivity index (χ3v) is 13.5. The monoisotopic (exact) mass is 683 g/mol. The third kappa shape index (κ3) is 7.15. The fraction of sp³-hybridized carbons (Fsp3) is 0.611. The molecule has 0 spiro atoms. The van der Waals surface area contributed by atoms with Gasteiger partial charge in [-0.25, -0.2) is 22.4 Å². The van der Waals surface area contributed by atoms with Crippen LogP contribution in [-0.2, 0) is 20.0 Å². The lowest BCUT2D eigenvalue weighted by molar-refractivity contribution is 0.0659. The fourth-order valence-electron chi connectivity index (χ4n) is 8.56. The zero-order chi connectivity index (χ0) is 34.1. The van der Waals surface area contributed by atoms with E-state index in [0.29, 0.717) is 17.4 Å². The number of urea groups is 1. The molecule has 2 heterocycles. The lowest BCUT2D eigenvalue weighted by Gasteiger charge is -2.51. The van der Waals surface area contributed by atoms with Gasteiger partial charge in [-0.2, -0.15) is 0 Å². The van der Waals surface area contributed by atoms with Gasteiger partial charge in [0, 0.05) is 63.3 Å². The van der Waals surface area contributed by atoms with Crippen LogP contribution in [0.5, 0.6) is 0 Å². The minimum atomic E-state index is -3.18. The molecule has 0 unspecified atom stereocenters. The van der Waals surface area contributed by atoms with Crippen LogP contribution >= 0.6 is 0 Å². The maximum absolute atomic E-state index is 14.9. The first-order valence-corrected chi connectivity index (χ1v) is 18.9. The summed E-state index contributed by atoms with van der Waals surface area (Å²) in [6.07, 6.45) is 5.42. The highest BCUT2D eigenvalue weighted by Crippen LogP contribution is 2.50. The lowest BCUT2D eigenvalue weighted by Crippen LogP contribution is -2.59. The van der Waals surface area contributed by atoms with Crippen molar-refractivity contribution in [1.29, 1.82) is 0 Å². The number of likely N-dealkylation sites (tertiary alicyclic amines) is 1. The average Bonchev–Trinajstić information content (AvgIpc) is 3.84. The summed E-state index contributed by atoms with van der Waals surface area (Å²) in [5.41, 5.74) is 1.34. The standard InChI is InChI=1S/C36H50FN5O5S/c1-40(2)34(43)38-24-36(27-6-4-7-28(37)20-27,32-8-5-9-33(32)39-35(44)47-3)26-16-18-41(19-17-26)21-25-22-42(23-25)29-10-12-30(13-11-29)48(45,46)31-14-15-31/h4,6-7,10-13,20,25-26,31-33H,5,8-9,14-19,21-24H2,1-3H3,(H,38,43)(H,39,44)/t32-,33-,36-/m0/s1. The Balaban J connectivity index is 1.15. The van der Waals surface area contributed by atoms with E-state index in [2.05, 4.69) is 20.4 Å². The predicted octanol–water partition coefficient (Wildman–Crippen LogP) is 4.64. The van der Waals surface area contributed by atoms with Gasteiger partial charge in [0.25, 0.3) is 0 Å². The number of alkyl carbamates (subject to hydrolysis) is 1. The van der Waals surface area contributed by atoms with E-state index in [9.17, 15) is 22.4 Å². The predicted molar refractivity (Wildman–Crippen MR) is 183 cm³/mol. The Labute approximate surface area is 284 Å². The lowest BCUT2D eigenvalue weighted by atomic mass is 9.58. The fourth-order valence-corrected chi connectivity index (χ4v) is 10.2.